The van der Waals surface area contributed by atoms with Crippen LogP contribution in [0.4, 0.5) is 5.00 Å². The third-order valence-corrected chi connectivity index (χ3v) is 7.32. The van der Waals surface area contributed by atoms with Gasteiger partial charge in [0.1, 0.15) is 10.8 Å². The zero-order valence-electron chi connectivity index (χ0n) is 17.7. The van der Waals surface area contributed by atoms with Gasteiger partial charge in [-0.05, 0) is 62.4 Å². The number of thioether (sulfide) groups is 1. The van der Waals surface area contributed by atoms with Gasteiger partial charge in [-0.2, -0.15) is 0 Å². The molecule has 1 aromatic carbocycles. The van der Waals surface area contributed by atoms with E-state index >= 15 is 0 Å². The lowest BCUT2D eigenvalue weighted by Gasteiger charge is -2.09. The van der Waals surface area contributed by atoms with Crippen LogP contribution in [0.2, 0.25) is 0 Å². The van der Waals surface area contributed by atoms with Gasteiger partial charge in [-0.3, -0.25) is 4.79 Å². The highest BCUT2D eigenvalue weighted by Crippen LogP contribution is 2.39. The van der Waals surface area contributed by atoms with Crippen molar-refractivity contribution < 1.29 is 19.1 Å². The minimum Gasteiger partial charge on any atom is -0.497 e. The van der Waals surface area contributed by atoms with Crippen LogP contribution in [0.25, 0.3) is 10.9 Å². The Bertz CT molecular complexity index is 1160. The van der Waals surface area contributed by atoms with Crippen LogP contribution in [0.3, 0.4) is 0 Å². The third kappa shape index (κ3) is 4.55. The van der Waals surface area contributed by atoms with Gasteiger partial charge in [-0.15, -0.1) is 11.3 Å². The van der Waals surface area contributed by atoms with Crippen LogP contribution in [-0.2, 0) is 22.4 Å². The standard InChI is InChI=1S/C23H24N2O4S2/c1-4-29-23(27)21-16-6-5-7-18(16)31-22(21)25-19(26)12-30-20-10-13(2)15-9-8-14(28-3)11-17(15)24-20/h8-11H,4-7,12H2,1-3H3,(H,25,26). The number of methoxy groups -OCH3 is 1. The lowest BCUT2D eigenvalue weighted by Crippen LogP contribution is -2.16. The van der Waals surface area contributed by atoms with E-state index in [4.69, 9.17) is 9.47 Å². The Morgan fingerprint density at radius 2 is 2.10 bits per heavy atom. The number of hydrogen-bond donors (Lipinski definition) is 1. The second-order valence-electron chi connectivity index (χ2n) is 7.28. The normalized spacial score (nSPS) is 12.6. The van der Waals surface area contributed by atoms with Crippen LogP contribution < -0.4 is 10.1 Å². The average molecular weight is 457 g/mol. The molecular formula is C23H24N2O4S2. The summed E-state index contributed by atoms with van der Waals surface area (Å²) in [6.07, 6.45) is 2.84. The molecule has 1 N–H and O–H groups in total. The van der Waals surface area contributed by atoms with E-state index in [0.717, 1.165) is 52.1 Å². The van der Waals surface area contributed by atoms with Gasteiger partial charge in [0.2, 0.25) is 5.91 Å². The third-order valence-electron chi connectivity index (χ3n) is 5.21. The lowest BCUT2D eigenvalue weighted by atomic mass is 10.1. The van der Waals surface area contributed by atoms with Crippen molar-refractivity contribution in [1.82, 2.24) is 4.98 Å². The highest BCUT2D eigenvalue weighted by molar-refractivity contribution is 7.99. The molecule has 31 heavy (non-hydrogen) atoms. The minimum atomic E-state index is -0.356. The number of esters is 1. The minimum absolute atomic E-state index is 0.166. The predicted molar refractivity (Wildman–Crippen MR) is 125 cm³/mol. The van der Waals surface area contributed by atoms with Crippen molar-refractivity contribution in [3.05, 3.63) is 45.8 Å². The molecule has 0 aliphatic heterocycles. The zero-order valence-corrected chi connectivity index (χ0v) is 19.4. The van der Waals surface area contributed by atoms with Crippen molar-refractivity contribution in [2.75, 3.05) is 24.8 Å². The van der Waals surface area contributed by atoms with Crippen molar-refractivity contribution in [1.29, 1.82) is 0 Å². The molecule has 1 amide bonds. The predicted octanol–water partition coefficient (Wildman–Crippen LogP) is 5.01. The smallest absolute Gasteiger partial charge is 0.341 e. The van der Waals surface area contributed by atoms with Crippen molar-refractivity contribution in [2.24, 2.45) is 0 Å². The molecule has 2 heterocycles. The largest absolute Gasteiger partial charge is 0.497 e. The Morgan fingerprint density at radius 1 is 1.26 bits per heavy atom. The molecule has 8 heteroatoms. The lowest BCUT2D eigenvalue weighted by molar-refractivity contribution is -0.113. The number of carbonyl (C=O) groups excluding carboxylic acids is 2. The SMILES string of the molecule is CCOC(=O)c1c(NC(=O)CSc2cc(C)c3ccc(OC)cc3n2)sc2c1CCC2. The number of nitrogens with zero attached hydrogens (tertiary/aromatic N) is 1. The Kier molecular flexibility index (Phi) is 6.48. The number of aryl methyl sites for hydroxylation is 2. The first-order chi connectivity index (χ1) is 15.0. The van der Waals surface area contributed by atoms with Gasteiger partial charge >= 0.3 is 5.97 Å². The van der Waals surface area contributed by atoms with Gasteiger partial charge in [0, 0.05) is 16.3 Å². The first-order valence-electron chi connectivity index (χ1n) is 10.2. The summed E-state index contributed by atoms with van der Waals surface area (Å²) in [5, 5.41) is 5.36. The van der Waals surface area contributed by atoms with Crippen LogP contribution in [0.15, 0.2) is 29.3 Å². The molecule has 0 saturated heterocycles. The maximum absolute atomic E-state index is 12.7. The molecular weight excluding hydrogens is 432 g/mol. The number of rotatable bonds is 7. The molecule has 162 valence electrons. The number of nitrogens with one attached hydrogen (secondary N) is 1. The van der Waals surface area contributed by atoms with Gasteiger partial charge < -0.3 is 14.8 Å². The molecule has 1 aliphatic carbocycles. The second-order valence-corrected chi connectivity index (χ2v) is 9.38. The number of fused-ring (bicyclic) bond motifs is 2. The van der Waals surface area contributed by atoms with Crippen LogP contribution >= 0.6 is 23.1 Å². The molecule has 0 bridgehead atoms. The quantitative estimate of drug-likeness (QED) is 0.398. The summed E-state index contributed by atoms with van der Waals surface area (Å²) in [6.45, 7) is 4.12. The summed E-state index contributed by atoms with van der Waals surface area (Å²) in [5.41, 5.74) is 3.49. The van der Waals surface area contributed by atoms with Crippen LogP contribution in [0.5, 0.6) is 5.75 Å². The number of aromatic nitrogens is 1. The number of hydrogen-bond acceptors (Lipinski definition) is 7. The summed E-state index contributed by atoms with van der Waals surface area (Å²) >= 11 is 2.86. The molecule has 0 saturated carbocycles. The highest BCUT2D eigenvalue weighted by Gasteiger charge is 2.28. The fourth-order valence-electron chi connectivity index (χ4n) is 3.77. The topological polar surface area (TPSA) is 77.5 Å². The molecule has 0 unspecified atom stereocenters. The molecule has 0 spiro atoms. The molecule has 4 rings (SSSR count). The number of thiophene rings is 1. The Morgan fingerprint density at radius 3 is 2.87 bits per heavy atom. The summed E-state index contributed by atoms with van der Waals surface area (Å²) < 4.78 is 10.5. The highest BCUT2D eigenvalue weighted by atomic mass is 32.2. The number of amides is 1. The van der Waals surface area contributed by atoms with E-state index in [1.807, 2.05) is 31.2 Å². The van der Waals surface area contributed by atoms with Gasteiger partial charge in [0.15, 0.2) is 0 Å². The summed E-state index contributed by atoms with van der Waals surface area (Å²) in [6, 6.07) is 7.78. The van der Waals surface area contributed by atoms with E-state index in [-0.39, 0.29) is 17.6 Å². The maximum atomic E-state index is 12.7. The Hall–Kier alpha value is -2.58. The fourth-order valence-corrected chi connectivity index (χ4v) is 5.83. The number of benzene rings is 1. The first-order valence-corrected chi connectivity index (χ1v) is 12.0. The van der Waals surface area contributed by atoms with Gasteiger partial charge in [-0.1, -0.05) is 11.8 Å². The van der Waals surface area contributed by atoms with E-state index in [1.165, 1.54) is 28.0 Å². The fraction of sp³-hybridized carbons (Fsp3) is 0.348. The number of ether oxygens (including phenoxy) is 2. The van der Waals surface area contributed by atoms with Gasteiger partial charge in [-0.25, -0.2) is 9.78 Å². The number of anilines is 1. The van der Waals surface area contributed by atoms with E-state index in [1.54, 1.807) is 14.0 Å². The van der Waals surface area contributed by atoms with E-state index in [0.29, 0.717) is 17.2 Å². The van der Waals surface area contributed by atoms with Crippen LogP contribution in [0, 0.1) is 6.92 Å². The van der Waals surface area contributed by atoms with E-state index < -0.39 is 0 Å². The number of carbonyl (C=O) groups is 2. The van der Waals surface area contributed by atoms with Crippen molar-refractivity contribution >= 4 is 50.9 Å². The zero-order chi connectivity index (χ0) is 22.0. The van der Waals surface area contributed by atoms with Crippen LogP contribution in [-0.4, -0.2) is 36.3 Å². The van der Waals surface area contributed by atoms with Crippen molar-refractivity contribution in [3.63, 3.8) is 0 Å². The monoisotopic (exact) mass is 456 g/mol. The molecule has 0 fully saturated rings. The number of pyridine rings is 1. The van der Waals surface area contributed by atoms with E-state index in [9.17, 15) is 9.59 Å². The Labute approximate surface area is 189 Å². The Balaban J connectivity index is 1.48. The molecule has 0 radical (unpaired) electrons. The van der Waals surface area contributed by atoms with Gasteiger partial charge in [0.25, 0.3) is 0 Å². The average Bonchev–Trinajstić information content (AvgIpc) is 3.32. The summed E-state index contributed by atoms with van der Waals surface area (Å²) in [5.74, 6) is 0.426. The van der Waals surface area contributed by atoms with Crippen molar-refractivity contribution in [3.8, 4) is 5.75 Å². The van der Waals surface area contributed by atoms with Crippen LogP contribution in [0.1, 0.15) is 39.7 Å². The van der Waals surface area contributed by atoms with Gasteiger partial charge in [0.05, 0.1) is 35.6 Å². The molecule has 3 aromatic rings. The van der Waals surface area contributed by atoms with Crippen molar-refractivity contribution in [2.45, 2.75) is 38.1 Å². The second kappa shape index (κ2) is 9.28. The molecule has 1 aliphatic rings. The summed E-state index contributed by atoms with van der Waals surface area (Å²) in [4.78, 5) is 31.0. The molecule has 0 atom stereocenters. The van der Waals surface area contributed by atoms with E-state index in [2.05, 4.69) is 10.3 Å². The maximum Gasteiger partial charge on any atom is 0.341 e. The molecule has 6 nitrogen and oxygen atoms in total. The molecule has 2 aromatic heterocycles. The first kappa shape index (κ1) is 21.6. The summed E-state index contributed by atoms with van der Waals surface area (Å²) in [7, 11) is 1.63.